The van der Waals surface area contributed by atoms with E-state index in [9.17, 15) is 4.79 Å². The van der Waals surface area contributed by atoms with Crippen molar-refractivity contribution in [3.63, 3.8) is 0 Å². The zero-order chi connectivity index (χ0) is 20.3. The van der Waals surface area contributed by atoms with Crippen LogP contribution < -0.4 is 15.9 Å². The van der Waals surface area contributed by atoms with Crippen LogP contribution in [-0.4, -0.2) is 33.1 Å². The van der Waals surface area contributed by atoms with Crippen molar-refractivity contribution in [3.05, 3.63) is 53.6 Å². The summed E-state index contributed by atoms with van der Waals surface area (Å²) in [4.78, 5) is 12.6. The number of hydrogen-bond acceptors (Lipinski definition) is 6. The molecule has 3 aromatic rings. The SMILES string of the molecule is COc1ccc(-c2nnc(S[C@@H](C)C(=O)Nc3c(C)cccc3C)n2N)cc1. The predicted octanol–water partition coefficient (Wildman–Crippen LogP) is 3.40. The fraction of sp³-hybridized carbons (Fsp3) is 0.250. The smallest absolute Gasteiger partial charge is 0.237 e. The Balaban J connectivity index is 1.73. The summed E-state index contributed by atoms with van der Waals surface area (Å²) in [6.45, 7) is 5.76. The number of nitrogens with zero attached hydrogens (tertiary/aromatic N) is 3. The lowest BCUT2D eigenvalue weighted by Crippen LogP contribution is -2.24. The fourth-order valence-electron chi connectivity index (χ4n) is 2.74. The van der Waals surface area contributed by atoms with Crippen LogP contribution >= 0.6 is 11.8 Å². The standard InChI is InChI=1S/C20H23N5O2S/c1-12-6-5-7-13(2)17(12)22-19(26)14(3)28-20-24-23-18(25(20)21)15-8-10-16(27-4)11-9-15/h5-11,14H,21H2,1-4H3,(H,22,26)/t14-/m0/s1. The first-order valence-corrected chi connectivity index (χ1v) is 9.67. The molecule has 0 radical (unpaired) electrons. The molecule has 2 aromatic carbocycles. The molecule has 3 N–H and O–H groups in total. The summed E-state index contributed by atoms with van der Waals surface area (Å²) in [6, 6.07) is 13.3. The van der Waals surface area contributed by atoms with Crippen molar-refractivity contribution in [2.75, 3.05) is 18.3 Å². The van der Waals surface area contributed by atoms with Crippen LogP contribution in [0.4, 0.5) is 5.69 Å². The number of anilines is 1. The highest BCUT2D eigenvalue weighted by Crippen LogP contribution is 2.27. The third-order valence-corrected chi connectivity index (χ3v) is 5.45. The van der Waals surface area contributed by atoms with Gasteiger partial charge in [-0.1, -0.05) is 30.0 Å². The van der Waals surface area contributed by atoms with E-state index in [1.54, 1.807) is 7.11 Å². The van der Waals surface area contributed by atoms with Crippen LogP contribution in [0.1, 0.15) is 18.1 Å². The van der Waals surface area contributed by atoms with Gasteiger partial charge in [0, 0.05) is 11.3 Å². The van der Waals surface area contributed by atoms with E-state index in [0.717, 1.165) is 28.1 Å². The van der Waals surface area contributed by atoms with Gasteiger partial charge in [-0.25, -0.2) is 4.68 Å². The Morgan fingerprint density at radius 2 is 1.79 bits per heavy atom. The van der Waals surface area contributed by atoms with E-state index < -0.39 is 5.25 Å². The minimum atomic E-state index is -0.394. The van der Waals surface area contributed by atoms with E-state index >= 15 is 0 Å². The first kappa shape index (κ1) is 19.8. The summed E-state index contributed by atoms with van der Waals surface area (Å²) >= 11 is 1.26. The summed E-state index contributed by atoms with van der Waals surface area (Å²) in [6.07, 6.45) is 0. The molecule has 1 atom stereocenters. The van der Waals surface area contributed by atoms with Crippen molar-refractivity contribution < 1.29 is 9.53 Å². The second kappa shape index (κ2) is 8.35. The molecular weight excluding hydrogens is 374 g/mol. The van der Waals surface area contributed by atoms with Gasteiger partial charge in [0.25, 0.3) is 0 Å². The van der Waals surface area contributed by atoms with Gasteiger partial charge in [0.05, 0.1) is 12.4 Å². The molecule has 0 saturated carbocycles. The Kier molecular flexibility index (Phi) is 5.89. The molecule has 0 unspecified atom stereocenters. The van der Waals surface area contributed by atoms with Crippen LogP contribution in [0.15, 0.2) is 47.6 Å². The summed E-state index contributed by atoms with van der Waals surface area (Å²) in [7, 11) is 1.61. The lowest BCUT2D eigenvalue weighted by molar-refractivity contribution is -0.115. The number of aryl methyl sites for hydroxylation is 2. The van der Waals surface area contributed by atoms with E-state index in [4.69, 9.17) is 10.6 Å². The zero-order valence-electron chi connectivity index (χ0n) is 16.3. The van der Waals surface area contributed by atoms with Gasteiger partial charge in [-0.15, -0.1) is 10.2 Å². The molecule has 0 aliphatic heterocycles. The average Bonchev–Trinajstić information content (AvgIpc) is 3.05. The molecule has 7 nitrogen and oxygen atoms in total. The predicted molar refractivity (Wildman–Crippen MR) is 112 cm³/mol. The maximum atomic E-state index is 12.6. The molecule has 0 spiro atoms. The third kappa shape index (κ3) is 4.12. The highest BCUT2D eigenvalue weighted by molar-refractivity contribution is 8.00. The van der Waals surface area contributed by atoms with Crippen molar-refractivity contribution in [2.24, 2.45) is 0 Å². The average molecular weight is 398 g/mol. The fourth-order valence-corrected chi connectivity index (χ4v) is 3.51. The molecule has 1 aromatic heterocycles. The first-order chi connectivity index (χ1) is 13.4. The van der Waals surface area contributed by atoms with Crippen LogP contribution in [0, 0.1) is 13.8 Å². The van der Waals surface area contributed by atoms with E-state index in [0.29, 0.717) is 11.0 Å². The molecule has 0 bridgehead atoms. The Morgan fingerprint density at radius 3 is 2.39 bits per heavy atom. The summed E-state index contributed by atoms with van der Waals surface area (Å²) < 4.78 is 6.56. The molecule has 1 heterocycles. The van der Waals surface area contributed by atoms with Crippen LogP contribution in [0.5, 0.6) is 5.75 Å². The van der Waals surface area contributed by atoms with Gasteiger partial charge in [-0.2, -0.15) is 0 Å². The summed E-state index contributed by atoms with van der Waals surface area (Å²) in [5.74, 6) is 7.32. The number of hydrogen-bond donors (Lipinski definition) is 2. The van der Waals surface area contributed by atoms with Gasteiger partial charge in [0.15, 0.2) is 5.82 Å². The third-order valence-electron chi connectivity index (χ3n) is 4.39. The Morgan fingerprint density at radius 1 is 1.14 bits per heavy atom. The number of carbonyl (C=O) groups is 1. The van der Waals surface area contributed by atoms with Gasteiger partial charge < -0.3 is 15.9 Å². The van der Waals surface area contributed by atoms with Crippen LogP contribution in [0.3, 0.4) is 0 Å². The monoisotopic (exact) mass is 397 g/mol. The zero-order valence-corrected chi connectivity index (χ0v) is 17.1. The second-order valence-corrected chi connectivity index (χ2v) is 7.73. The van der Waals surface area contributed by atoms with Gasteiger partial charge in [-0.3, -0.25) is 4.79 Å². The minimum Gasteiger partial charge on any atom is -0.497 e. The Hall–Kier alpha value is -3.00. The highest BCUT2D eigenvalue weighted by atomic mass is 32.2. The molecule has 146 valence electrons. The number of thioether (sulfide) groups is 1. The molecule has 0 aliphatic rings. The number of rotatable bonds is 6. The second-order valence-electron chi connectivity index (χ2n) is 6.42. The number of carbonyl (C=O) groups excluding carboxylic acids is 1. The lowest BCUT2D eigenvalue weighted by Gasteiger charge is -2.15. The normalized spacial score (nSPS) is 11.9. The Labute approximate surface area is 168 Å². The van der Waals surface area contributed by atoms with Crippen LogP contribution in [0.25, 0.3) is 11.4 Å². The van der Waals surface area contributed by atoms with E-state index in [1.807, 2.05) is 63.2 Å². The Bertz CT molecular complexity index is 965. The topological polar surface area (TPSA) is 95.1 Å². The molecule has 28 heavy (non-hydrogen) atoms. The van der Waals surface area contributed by atoms with Gasteiger partial charge in [0.2, 0.25) is 11.1 Å². The van der Waals surface area contributed by atoms with Crippen molar-refractivity contribution in [1.29, 1.82) is 0 Å². The van der Waals surface area contributed by atoms with Gasteiger partial charge in [-0.05, 0) is 56.2 Å². The number of aromatic nitrogens is 3. The van der Waals surface area contributed by atoms with Crippen LogP contribution in [0.2, 0.25) is 0 Å². The maximum Gasteiger partial charge on any atom is 0.237 e. The van der Waals surface area contributed by atoms with Crippen molar-refractivity contribution in [1.82, 2.24) is 14.9 Å². The summed E-state index contributed by atoms with van der Waals surface area (Å²) in [5.41, 5.74) is 3.70. The molecular formula is C20H23N5O2S. The molecule has 0 fully saturated rings. The van der Waals surface area contributed by atoms with Crippen molar-refractivity contribution in [3.8, 4) is 17.1 Å². The van der Waals surface area contributed by atoms with E-state index in [-0.39, 0.29) is 5.91 Å². The number of para-hydroxylation sites is 1. The first-order valence-electron chi connectivity index (χ1n) is 8.79. The number of amides is 1. The van der Waals surface area contributed by atoms with Crippen molar-refractivity contribution >= 4 is 23.4 Å². The van der Waals surface area contributed by atoms with Gasteiger partial charge in [0.1, 0.15) is 5.75 Å². The molecule has 0 aliphatic carbocycles. The molecule has 3 rings (SSSR count). The minimum absolute atomic E-state index is 0.114. The van der Waals surface area contributed by atoms with E-state index in [2.05, 4.69) is 15.5 Å². The molecule has 1 amide bonds. The number of nitrogen functional groups attached to an aromatic ring is 1. The largest absolute Gasteiger partial charge is 0.497 e. The van der Waals surface area contributed by atoms with E-state index in [1.165, 1.54) is 16.4 Å². The van der Waals surface area contributed by atoms with Crippen LogP contribution in [-0.2, 0) is 4.79 Å². The maximum absolute atomic E-state index is 12.6. The van der Waals surface area contributed by atoms with Gasteiger partial charge >= 0.3 is 0 Å². The summed E-state index contributed by atoms with van der Waals surface area (Å²) in [5, 5.41) is 11.4. The number of nitrogens with two attached hydrogens (primary N) is 1. The number of methoxy groups -OCH3 is 1. The number of nitrogens with one attached hydrogen (secondary N) is 1. The highest BCUT2D eigenvalue weighted by Gasteiger charge is 2.21. The molecule has 0 saturated heterocycles. The molecule has 8 heteroatoms. The number of ether oxygens (including phenoxy) is 1. The number of benzene rings is 2. The lowest BCUT2D eigenvalue weighted by atomic mass is 10.1. The quantitative estimate of drug-likeness (QED) is 0.489. The van der Waals surface area contributed by atoms with Crippen molar-refractivity contribution in [2.45, 2.75) is 31.2 Å².